The lowest BCUT2D eigenvalue weighted by atomic mass is 9.97. The Labute approximate surface area is 121 Å². The topological polar surface area (TPSA) is 66.8 Å². The molecule has 0 aromatic carbocycles. The first-order valence-electron chi connectivity index (χ1n) is 7.41. The van der Waals surface area contributed by atoms with Crippen molar-refractivity contribution in [3.05, 3.63) is 12.7 Å². The molecule has 0 aromatic heterocycles. The maximum atomic E-state index is 11.6. The fourth-order valence-corrected chi connectivity index (χ4v) is 2.65. The number of esters is 1. The van der Waals surface area contributed by atoms with E-state index in [1.54, 1.807) is 0 Å². The van der Waals surface area contributed by atoms with Crippen molar-refractivity contribution in [2.24, 2.45) is 17.3 Å². The van der Waals surface area contributed by atoms with Crippen molar-refractivity contribution in [1.82, 2.24) is 0 Å². The molecule has 1 rings (SSSR count). The van der Waals surface area contributed by atoms with Gasteiger partial charge in [0.25, 0.3) is 0 Å². The summed E-state index contributed by atoms with van der Waals surface area (Å²) in [5, 5.41) is 20.0. The van der Waals surface area contributed by atoms with Crippen LogP contribution in [0.4, 0.5) is 0 Å². The second-order valence-corrected chi connectivity index (χ2v) is 6.78. The van der Waals surface area contributed by atoms with Gasteiger partial charge in [0, 0.05) is 0 Å². The number of rotatable bonds is 6. The molecule has 0 bridgehead atoms. The van der Waals surface area contributed by atoms with Gasteiger partial charge < -0.3 is 14.9 Å². The van der Waals surface area contributed by atoms with Crippen LogP contribution in [0.25, 0.3) is 0 Å². The number of hydrogen-bond donors (Lipinski definition) is 2. The van der Waals surface area contributed by atoms with E-state index < -0.39 is 17.6 Å². The molecule has 4 nitrogen and oxygen atoms in total. The predicted octanol–water partition coefficient (Wildman–Crippen LogP) is 2.29. The lowest BCUT2D eigenvalue weighted by Gasteiger charge is -2.19. The summed E-state index contributed by atoms with van der Waals surface area (Å²) in [6.45, 7) is 9.42. The molecule has 0 saturated heterocycles. The van der Waals surface area contributed by atoms with Gasteiger partial charge in [0.1, 0.15) is 0 Å². The minimum absolute atomic E-state index is 0.00702. The van der Waals surface area contributed by atoms with E-state index in [0.29, 0.717) is 13.0 Å². The van der Waals surface area contributed by atoms with E-state index in [0.717, 1.165) is 19.3 Å². The summed E-state index contributed by atoms with van der Waals surface area (Å²) >= 11 is 0. The maximum Gasteiger partial charge on any atom is 0.311 e. The maximum absolute atomic E-state index is 11.6. The van der Waals surface area contributed by atoms with Crippen LogP contribution < -0.4 is 0 Å². The van der Waals surface area contributed by atoms with Crippen molar-refractivity contribution >= 4 is 5.97 Å². The summed E-state index contributed by atoms with van der Waals surface area (Å²) in [6, 6.07) is 0. The number of ether oxygens (including phenoxy) is 1. The molecular formula is C16H28O4. The first-order valence-corrected chi connectivity index (χ1v) is 7.41. The normalized spacial score (nSPS) is 30.2. The predicted molar refractivity (Wildman–Crippen MR) is 78.1 cm³/mol. The molecule has 0 amide bonds. The second kappa shape index (κ2) is 7.23. The van der Waals surface area contributed by atoms with Gasteiger partial charge in [0.15, 0.2) is 0 Å². The number of carbonyl (C=O) groups is 1. The minimum Gasteiger partial charge on any atom is -0.465 e. The summed E-state index contributed by atoms with van der Waals surface area (Å²) in [6.07, 6.45) is 3.53. The highest BCUT2D eigenvalue weighted by Crippen LogP contribution is 2.36. The van der Waals surface area contributed by atoms with Crippen LogP contribution in [0.5, 0.6) is 0 Å². The second-order valence-electron chi connectivity index (χ2n) is 6.78. The lowest BCUT2D eigenvalue weighted by Crippen LogP contribution is -2.29. The fraction of sp³-hybridized carbons (Fsp3) is 0.812. The summed E-state index contributed by atoms with van der Waals surface area (Å²) in [5.41, 5.74) is -0.500. The number of carbonyl (C=O) groups excluding carboxylic acids is 1. The third-order valence-electron chi connectivity index (χ3n) is 4.00. The molecule has 1 aliphatic carbocycles. The first-order chi connectivity index (χ1) is 9.27. The van der Waals surface area contributed by atoms with E-state index in [2.05, 4.69) is 6.58 Å². The van der Waals surface area contributed by atoms with E-state index in [9.17, 15) is 15.0 Å². The minimum atomic E-state index is -0.710. The zero-order chi connectivity index (χ0) is 15.3. The van der Waals surface area contributed by atoms with E-state index in [1.807, 2.05) is 26.8 Å². The quantitative estimate of drug-likeness (QED) is 0.580. The average molecular weight is 284 g/mol. The zero-order valence-electron chi connectivity index (χ0n) is 12.8. The molecule has 0 heterocycles. The lowest BCUT2D eigenvalue weighted by molar-refractivity contribution is -0.153. The Bertz CT molecular complexity index is 332. The van der Waals surface area contributed by atoms with Gasteiger partial charge in [0.2, 0.25) is 0 Å². The van der Waals surface area contributed by atoms with E-state index in [1.165, 1.54) is 0 Å². The van der Waals surface area contributed by atoms with Crippen molar-refractivity contribution in [1.29, 1.82) is 0 Å². The molecule has 0 spiro atoms. The van der Waals surface area contributed by atoms with Gasteiger partial charge in [-0.25, -0.2) is 0 Å². The Kier molecular flexibility index (Phi) is 6.21. The highest BCUT2D eigenvalue weighted by Gasteiger charge is 2.40. The van der Waals surface area contributed by atoms with Crippen LogP contribution in [-0.4, -0.2) is 35.0 Å². The average Bonchev–Trinajstić information content (AvgIpc) is 2.63. The van der Waals surface area contributed by atoms with E-state index in [-0.39, 0.29) is 17.8 Å². The highest BCUT2D eigenvalue weighted by atomic mass is 16.5. The van der Waals surface area contributed by atoms with Crippen molar-refractivity contribution in [3.8, 4) is 0 Å². The molecule has 1 aliphatic rings. The van der Waals surface area contributed by atoms with Crippen LogP contribution in [0.3, 0.4) is 0 Å². The smallest absolute Gasteiger partial charge is 0.311 e. The van der Waals surface area contributed by atoms with Gasteiger partial charge >= 0.3 is 5.97 Å². The van der Waals surface area contributed by atoms with Crippen molar-refractivity contribution in [3.63, 3.8) is 0 Å². The Balaban J connectivity index is 2.37. The molecule has 0 aliphatic heterocycles. The first kappa shape index (κ1) is 17.2. The summed E-state index contributed by atoms with van der Waals surface area (Å²) < 4.78 is 5.22. The van der Waals surface area contributed by atoms with Crippen LogP contribution in [0.15, 0.2) is 12.7 Å². The Morgan fingerprint density at radius 2 is 1.80 bits per heavy atom. The molecule has 2 N–H and O–H groups in total. The standard InChI is InChI=1S/C16H28O4/c1-5-6-7-11-10-12(14(18)13(11)17)8-9-20-15(19)16(2,3)4/h5,11-14,17-18H,1,6-10H2,2-4H3/t11-,12-,13+,14-/m0/s1. The van der Waals surface area contributed by atoms with Crippen molar-refractivity contribution in [2.45, 2.75) is 58.7 Å². The number of allylic oxidation sites excluding steroid dienone is 1. The molecule has 4 atom stereocenters. The van der Waals surface area contributed by atoms with Gasteiger partial charge in [0.05, 0.1) is 24.2 Å². The molecule has 20 heavy (non-hydrogen) atoms. The Hall–Kier alpha value is -0.870. The van der Waals surface area contributed by atoms with Gasteiger partial charge in [-0.15, -0.1) is 6.58 Å². The fourth-order valence-electron chi connectivity index (χ4n) is 2.65. The monoisotopic (exact) mass is 284 g/mol. The molecule has 4 heteroatoms. The van der Waals surface area contributed by atoms with Gasteiger partial charge in [-0.2, -0.15) is 0 Å². The van der Waals surface area contributed by atoms with Crippen molar-refractivity contribution in [2.75, 3.05) is 6.61 Å². The van der Waals surface area contributed by atoms with Gasteiger partial charge in [-0.05, 0) is 58.3 Å². The van der Waals surface area contributed by atoms with Crippen molar-refractivity contribution < 1.29 is 19.7 Å². The highest BCUT2D eigenvalue weighted by molar-refractivity contribution is 5.75. The largest absolute Gasteiger partial charge is 0.465 e. The zero-order valence-corrected chi connectivity index (χ0v) is 12.8. The van der Waals surface area contributed by atoms with Crippen LogP contribution in [0.2, 0.25) is 0 Å². The number of aliphatic hydroxyl groups is 2. The molecule has 1 saturated carbocycles. The van der Waals surface area contributed by atoms with Gasteiger partial charge in [-0.3, -0.25) is 4.79 Å². The van der Waals surface area contributed by atoms with Gasteiger partial charge in [-0.1, -0.05) is 6.08 Å². The molecule has 1 fully saturated rings. The molecule has 116 valence electrons. The molecular weight excluding hydrogens is 256 g/mol. The van der Waals surface area contributed by atoms with Crippen LogP contribution in [0, 0.1) is 17.3 Å². The molecule has 0 aromatic rings. The number of aliphatic hydroxyl groups excluding tert-OH is 2. The number of hydrogen-bond acceptors (Lipinski definition) is 4. The SMILES string of the molecule is C=CCC[C@H]1C[C@H](CCOC(=O)C(C)(C)C)[C@H](O)[C@@H]1O. The summed E-state index contributed by atoms with van der Waals surface area (Å²) in [5.74, 6) is -0.104. The third kappa shape index (κ3) is 4.60. The Morgan fingerprint density at radius 1 is 1.25 bits per heavy atom. The summed E-state index contributed by atoms with van der Waals surface area (Å²) in [4.78, 5) is 11.6. The van der Waals surface area contributed by atoms with Crippen LogP contribution in [-0.2, 0) is 9.53 Å². The van der Waals surface area contributed by atoms with Crippen LogP contribution >= 0.6 is 0 Å². The third-order valence-corrected chi connectivity index (χ3v) is 4.00. The van der Waals surface area contributed by atoms with Crippen LogP contribution in [0.1, 0.15) is 46.5 Å². The summed E-state index contributed by atoms with van der Waals surface area (Å²) in [7, 11) is 0. The molecule has 0 unspecified atom stereocenters. The van der Waals surface area contributed by atoms with E-state index in [4.69, 9.17) is 4.74 Å². The molecule has 0 radical (unpaired) electrons. The van der Waals surface area contributed by atoms with E-state index >= 15 is 0 Å². The Morgan fingerprint density at radius 3 is 2.30 bits per heavy atom.